The number of hydrogen-bond acceptors (Lipinski definition) is 2. The first-order chi connectivity index (χ1) is 9.15. The van der Waals surface area contributed by atoms with Crippen LogP contribution < -0.4 is 10.6 Å². The van der Waals surface area contributed by atoms with Crippen molar-refractivity contribution in [2.24, 2.45) is 11.8 Å². The van der Waals surface area contributed by atoms with Crippen LogP contribution >= 0.6 is 0 Å². The molecule has 0 bridgehead atoms. The third kappa shape index (κ3) is 2.32. The summed E-state index contributed by atoms with van der Waals surface area (Å²) in [5, 5.41) is 6.47. The van der Waals surface area contributed by atoms with Crippen LogP contribution in [0, 0.1) is 25.7 Å². The van der Waals surface area contributed by atoms with Crippen LogP contribution in [0.3, 0.4) is 0 Å². The number of carbonyl (C=O) groups is 1. The molecule has 2 unspecified atom stereocenters. The van der Waals surface area contributed by atoms with Gasteiger partial charge in [0.15, 0.2) is 0 Å². The van der Waals surface area contributed by atoms with E-state index in [1.807, 2.05) is 36.9 Å². The van der Waals surface area contributed by atoms with Gasteiger partial charge in [0.2, 0.25) is 0 Å². The van der Waals surface area contributed by atoms with Crippen LogP contribution in [-0.4, -0.2) is 37.1 Å². The summed E-state index contributed by atoms with van der Waals surface area (Å²) in [7, 11) is 0. The SMILES string of the molecule is Cc1cccc(C)c1NC(=O)N1CC2CNCC2C1. The summed E-state index contributed by atoms with van der Waals surface area (Å²) in [6.07, 6.45) is 0. The van der Waals surface area contributed by atoms with Crippen LogP contribution in [-0.2, 0) is 0 Å². The molecule has 1 aromatic rings. The van der Waals surface area contributed by atoms with E-state index in [0.717, 1.165) is 43.0 Å². The Hall–Kier alpha value is -1.55. The summed E-state index contributed by atoms with van der Waals surface area (Å²) in [5.74, 6) is 1.28. The highest BCUT2D eigenvalue weighted by atomic mass is 16.2. The summed E-state index contributed by atoms with van der Waals surface area (Å²) >= 11 is 0. The van der Waals surface area contributed by atoms with Crippen molar-refractivity contribution < 1.29 is 4.79 Å². The number of fused-ring (bicyclic) bond motifs is 1. The zero-order valence-electron chi connectivity index (χ0n) is 11.6. The molecule has 102 valence electrons. The zero-order valence-corrected chi connectivity index (χ0v) is 11.6. The van der Waals surface area contributed by atoms with Gasteiger partial charge in [0.25, 0.3) is 0 Å². The fourth-order valence-corrected chi connectivity index (χ4v) is 3.22. The molecule has 0 aromatic heterocycles. The molecule has 0 spiro atoms. The highest BCUT2D eigenvalue weighted by Gasteiger charge is 2.38. The lowest BCUT2D eigenvalue weighted by molar-refractivity contribution is 0.219. The molecule has 2 fully saturated rings. The van der Waals surface area contributed by atoms with E-state index in [9.17, 15) is 4.79 Å². The molecule has 0 saturated carbocycles. The van der Waals surface area contributed by atoms with E-state index in [2.05, 4.69) is 10.6 Å². The van der Waals surface area contributed by atoms with Crippen molar-refractivity contribution in [3.8, 4) is 0 Å². The zero-order chi connectivity index (χ0) is 13.4. The summed E-state index contributed by atoms with van der Waals surface area (Å²) in [4.78, 5) is 14.3. The van der Waals surface area contributed by atoms with Crippen LogP contribution in [0.5, 0.6) is 0 Å². The van der Waals surface area contributed by atoms with E-state index >= 15 is 0 Å². The van der Waals surface area contributed by atoms with Crippen LogP contribution in [0.2, 0.25) is 0 Å². The second kappa shape index (κ2) is 4.85. The van der Waals surface area contributed by atoms with Gasteiger partial charge in [-0.1, -0.05) is 18.2 Å². The van der Waals surface area contributed by atoms with Gasteiger partial charge in [-0.2, -0.15) is 0 Å². The van der Waals surface area contributed by atoms with Gasteiger partial charge >= 0.3 is 6.03 Å². The number of nitrogens with zero attached hydrogens (tertiary/aromatic N) is 1. The van der Waals surface area contributed by atoms with Gasteiger partial charge in [-0.3, -0.25) is 0 Å². The van der Waals surface area contributed by atoms with Crippen molar-refractivity contribution >= 4 is 11.7 Å². The minimum absolute atomic E-state index is 0.0480. The number of nitrogens with one attached hydrogen (secondary N) is 2. The van der Waals surface area contributed by atoms with E-state index in [1.165, 1.54) is 0 Å². The third-order valence-electron chi connectivity index (χ3n) is 4.39. The van der Waals surface area contributed by atoms with Crippen molar-refractivity contribution in [3.63, 3.8) is 0 Å². The lowest BCUT2D eigenvalue weighted by atomic mass is 10.0. The maximum Gasteiger partial charge on any atom is 0.321 e. The lowest BCUT2D eigenvalue weighted by Gasteiger charge is -2.20. The predicted molar refractivity (Wildman–Crippen MR) is 76.4 cm³/mol. The van der Waals surface area contributed by atoms with E-state index in [4.69, 9.17) is 0 Å². The van der Waals surface area contributed by atoms with E-state index in [-0.39, 0.29) is 6.03 Å². The Bertz CT molecular complexity index is 468. The Balaban J connectivity index is 1.69. The van der Waals surface area contributed by atoms with Crippen molar-refractivity contribution in [2.75, 3.05) is 31.5 Å². The Kier molecular flexibility index (Phi) is 3.19. The van der Waals surface area contributed by atoms with Gasteiger partial charge in [0, 0.05) is 31.9 Å². The molecular weight excluding hydrogens is 238 g/mol. The summed E-state index contributed by atoms with van der Waals surface area (Å²) in [6.45, 7) is 7.94. The number of aryl methyl sites for hydroxylation is 2. The smallest absolute Gasteiger partial charge is 0.321 e. The number of para-hydroxylation sites is 1. The standard InChI is InChI=1S/C15H21N3O/c1-10-4-3-5-11(2)14(10)17-15(19)18-8-12-6-16-7-13(12)9-18/h3-5,12-13,16H,6-9H2,1-2H3,(H,17,19). The van der Waals surface area contributed by atoms with Gasteiger partial charge in [-0.25, -0.2) is 4.79 Å². The van der Waals surface area contributed by atoms with Crippen LogP contribution in [0.25, 0.3) is 0 Å². The molecule has 2 heterocycles. The van der Waals surface area contributed by atoms with Gasteiger partial charge in [-0.15, -0.1) is 0 Å². The van der Waals surface area contributed by atoms with Crippen molar-refractivity contribution in [3.05, 3.63) is 29.3 Å². The first kappa shape index (κ1) is 12.5. The van der Waals surface area contributed by atoms with Gasteiger partial charge < -0.3 is 15.5 Å². The molecule has 2 atom stereocenters. The van der Waals surface area contributed by atoms with E-state index in [1.54, 1.807) is 0 Å². The number of anilines is 1. The Morgan fingerprint density at radius 1 is 1.21 bits per heavy atom. The van der Waals surface area contributed by atoms with E-state index in [0.29, 0.717) is 11.8 Å². The van der Waals surface area contributed by atoms with Gasteiger partial charge in [0.05, 0.1) is 0 Å². The van der Waals surface area contributed by atoms with E-state index < -0.39 is 0 Å². The molecule has 2 amide bonds. The number of urea groups is 1. The van der Waals surface area contributed by atoms with Crippen LogP contribution in [0.4, 0.5) is 10.5 Å². The average Bonchev–Trinajstić information content (AvgIpc) is 2.94. The Morgan fingerprint density at radius 2 is 1.79 bits per heavy atom. The lowest BCUT2D eigenvalue weighted by Crippen LogP contribution is -2.35. The number of carbonyl (C=O) groups excluding carboxylic acids is 1. The quantitative estimate of drug-likeness (QED) is 0.810. The number of likely N-dealkylation sites (tertiary alicyclic amines) is 1. The third-order valence-corrected chi connectivity index (χ3v) is 4.39. The highest BCUT2D eigenvalue weighted by molar-refractivity contribution is 5.91. The fourth-order valence-electron chi connectivity index (χ4n) is 3.22. The van der Waals surface area contributed by atoms with Gasteiger partial charge in [-0.05, 0) is 36.8 Å². The molecule has 3 rings (SSSR count). The molecule has 1 aromatic carbocycles. The number of hydrogen-bond donors (Lipinski definition) is 2. The minimum Gasteiger partial charge on any atom is -0.324 e. The van der Waals surface area contributed by atoms with Crippen LogP contribution in [0.1, 0.15) is 11.1 Å². The fraction of sp³-hybridized carbons (Fsp3) is 0.533. The molecule has 2 aliphatic heterocycles. The molecule has 0 aliphatic carbocycles. The first-order valence-electron chi connectivity index (χ1n) is 6.98. The number of benzene rings is 1. The molecule has 4 heteroatoms. The molecule has 0 radical (unpaired) electrons. The summed E-state index contributed by atoms with van der Waals surface area (Å²) in [5.41, 5.74) is 3.20. The van der Waals surface area contributed by atoms with Crippen LogP contribution in [0.15, 0.2) is 18.2 Å². The predicted octanol–water partition coefficient (Wildman–Crippen LogP) is 1.99. The summed E-state index contributed by atoms with van der Waals surface area (Å²) < 4.78 is 0. The molecule has 4 nitrogen and oxygen atoms in total. The second-order valence-corrected chi connectivity index (χ2v) is 5.78. The average molecular weight is 259 g/mol. The topological polar surface area (TPSA) is 44.4 Å². The largest absolute Gasteiger partial charge is 0.324 e. The minimum atomic E-state index is 0.0480. The summed E-state index contributed by atoms with van der Waals surface area (Å²) in [6, 6.07) is 6.13. The Labute approximate surface area is 114 Å². The molecule has 2 aliphatic rings. The number of rotatable bonds is 1. The molecule has 2 saturated heterocycles. The normalized spacial score (nSPS) is 25.5. The highest BCUT2D eigenvalue weighted by Crippen LogP contribution is 2.27. The molecular formula is C15H21N3O. The monoisotopic (exact) mass is 259 g/mol. The van der Waals surface area contributed by atoms with Gasteiger partial charge in [0.1, 0.15) is 0 Å². The number of amides is 2. The molecule has 2 N–H and O–H groups in total. The maximum atomic E-state index is 12.3. The second-order valence-electron chi connectivity index (χ2n) is 5.78. The Morgan fingerprint density at radius 3 is 2.37 bits per heavy atom. The van der Waals surface area contributed by atoms with Crippen molar-refractivity contribution in [1.29, 1.82) is 0 Å². The van der Waals surface area contributed by atoms with Crippen molar-refractivity contribution in [1.82, 2.24) is 10.2 Å². The maximum absolute atomic E-state index is 12.3. The molecule has 19 heavy (non-hydrogen) atoms. The van der Waals surface area contributed by atoms with Crippen molar-refractivity contribution in [2.45, 2.75) is 13.8 Å². The first-order valence-corrected chi connectivity index (χ1v) is 6.98.